The summed E-state index contributed by atoms with van der Waals surface area (Å²) in [7, 11) is 0. The number of nitrogens with two attached hydrogens (primary N) is 1. The highest BCUT2D eigenvalue weighted by Gasteiger charge is 2.33. The van der Waals surface area contributed by atoms with Gasteiger partial charge in [0.1, 0.15) is 17.3 Å². The van der Waals surface area contributed by atoms with Crippen molar-refractivity contribution in [3.8, 4) is 0 Å². The van der Waals surface area contributed by atoms with Gasteiger partial charge < -0.3 is 16.4 Å². The first-order valence-electron chi connectivity index (χ1n) is 8.08. The predicted molar refractivity (Wildman–Crippen MR) is 94.7 cm³/mol. The van der Waals surface area contributed by atoms with Crippen molar-refractivity contribution < 1.29 is 36.5 Å². The molecular formula is C17H13F5N4O4. The Morgan fingerprint density at radius 2 is 1.73 bits per heavy atom. The van der Waals surface area contributed by atoms with Crippen LogP contribution in [0.3, 0.4) is 0 Å². The Bertz CT molecular complexity index is 1010. The van der Waals surface area contributed by atoms with Gasteiger partial charge in [-0.3, -0.25) is 19.7 Å². The molecule has 0 spiro atoms. The summed E-state index contributed by atoms with van der Waals surface area (Å²) in [6, 6.07) is 2.90. The summed E-state index contributed by atoms with van der Waals surface area (Å²) in [5.41, 5.74) is 1.45. The molecule has 160 valence electrons. The van der Waals surface area contributed by atoms with Crippen LogP contribution in [0.4, 0.5) is 39.0 Å². The predicted octanol–water partition coefficient (Wildman–Crippen LogP) is 3.43. The fourth-order valence-corrected chi connectivity index (χ4v) is 2.37. The molecule has 0 aliphatic carbocycles. The second-order valence-corrected chi connectivity index (χ2v) is 5.89. The average Bonchev–Trinajstić information content (AvgIpc) is 2.62. The van der Waals surface area contributed by atoms with Gasteiger partial charge in [0.15, 0.2) is 0 Å². The van der Waals surface area contributed by atoms with Crippen molar-refractivity contribution in [3.05, 3.63) is 63.2 Å². The van der Waals surface area contributed by atoms with Gasteiger partial charge in [-0.15, -0.1) is 0 Å². The van der Waals surface area contributed by atoms with Crippen molar-refractivity contribution in [1.29, 1.82) is 0 Å². The zero-order valence-electron chi connectivity index (χ0n) is 14.8. The molecule has 0 fully saturated rings. The fourth-order valence-electron chi connectivity index (χ4n) is 2.37. The third-order valence-electron chi connectivity index (χ3n) is 3.79. The summed E-state index contributed by atoms with van der Waals surface area (Å²) in [6.45, 7) is -0.260. The number of amides is 2. The Morgan fingerprint density at radius 3 is 2.30 bits per heavy atom. The Kier molecular flexibility index (Phi) is 6.54. The maximum absolute atomic E-state index is 13.7. The maximum Gasteiger partial charge on any atom is 0.416 e. The highest BCUT2D eigenvalue weighted by molar-refractivity contribution is 5.96. The number of nitrogens with zero attached hydrogens (tertiary/aromatic N) is 1. The number of carbonyl (C=O) groups is 2. The van der Waals surface area contributed by atoms with Crippen molar-refractivity contribution in [2.75, 3.05) is 17.2 Å². The molecule has 0 radical (unpaired) electrons. The van der Waals surface area contributed by atoms with E-state index in [4.69, 9.17) is 5.73 Å². The number of hydrogen-bond donors (Lipinski definition) is 3. The number of alkyl halides is 3. The average molecular weight is 432 g/mol. The van der Waals surface area contributed by atoms with E-state index >= 15 is 0 Å². The van der Waals surface area contributed by atoms with Gasteiger partial charge in [0.25, 0.3) is 11.6 Å². The summed E-state index contributed by atoms with van der Waals surface area (Å²) in [6.07, 6.45) is -5.16. The first-order chi connectivity index (χ1) is 13.9. The molecule has 2 aromatic rings. The van der Waals surface area contributed by atoms with Crippen LogP contribution < -0.4 is 16.4 Å². The minimum Gasteiger partial charge on any atom is -0.379 e. The van der Waals surface area contributed by atoms with Gasteiger partial charge in [-0.1, -0.05) is 0 Å². The number of nitro benzene ring substituents is 1. The molecule has 0 aromatic heterocycles. The van der Waals surface area contributed by atoms with E-state index < -0.39 is 57.1 Å². The summed E-state index contributed by atoms with van der Waals surface area (Å²) in [4.78, 5) is 33.0. The van der Waals surface area contributed by atoms with Crippen LogP contribution in [0, 0.1) is 21.7 Å². The van der Waals surface area contributed by atoms with Crippen LogP contribution in [-0.2, 0) is 11.0 Å². The number of hydrogen-bond acceptors (Lipinski definition) is 5. The number of benzene rings is 2. The summed E-state index contributed by atoms with van der Waals surface area (Å²) in [5, 5.41) is 15.5. The van der Waals surface area contributed by atoms with Crippen LogP contribution in [0.25, 0.3) is 0 Å². The largest absolute Gasteiger partial charge is 0.416 e. The Labute approximate surface area is 165 Å². The molecule has 0 aliphatic rings. The second kappa shape index (κ2) is 8.71. The highest BCUT2D eigenvalue weighted by atomic mass is 19.4. The SMILES string of the molecule is NC(=O)c1cc(NC(=O)CCNc2ccc(C(F)(F)F)cc2[N+](=O)[O-])c(F)cc1F. The van der Waals surface area contributed by atoms with E-state index in [0.717, 1.165) is 6.07 Å². The zero-order chi connectivity index (χ0) is 22.6. The van der Waals surface area contributed by atoms with E-state index in [1.807, 2.05) is 0 Å². The highest BCUT2D eigenvalue weighted by Crippen LogP contribution is 2.34. The third-order valence-corrected chi connectivity index (χ3v) is 3.79. The summed E-state index contributed by atoms with van der Waals surface area (Å²) >= 11 is 0. The molecule has 0 saturated heterocycles. The van der Waals surface area contributed by atoms with Gasteiger partial charge in [0, 0.05) is 25.1 Å². The molecular weight excluding hydrogens is 419 g/mol. The second-order valence-electron chi connectivity index (χ2n) is 5.89. The monoisotopic (exact) mass is 432 g/mol. The van der Waals surface area contributed by atoms with Gasteiger partial charge >= 0.3 is 6.18 Å². The topological polar surface area (TPSA) is 127 Å². The number of anilines is 2. The van der Waals surface area contributed by atoms with Gasteiger partial charge in [0.2, 0.25) is 5.91 Å². The van der Waals surface area contributed by atoms with Crippen molar-refractivity contribution in [2.45, 2.75) is 12.6 Å². The van der Waals surface area contributed by atoms with Crippen molar-refractivity contribution in [3.63, 3.8) is 0 Å². The Hall–Kier alpha value is -3.77. The van der Waals surface area contributed by atoms with E-state index in [0.29, 0.717) is 24.3 Å². The first-order valence-corrected chi connectivity index (χ1v) is 8.08. The van der Waals surface area contributed by atoms with E-state index in [9.17, 15) is 41.7 Å². The molecule has 0 saturated carbocycles. The molecule has 4 N–H and O–H groups in total. The number of halogens is 5. The smallest absolute Gasteiger partial charge is 0.379 e. The van der Waals surface area contributed by atoms with Gasteiger partial charge in [0.05, 0.1) is 21.7 Å². The van der Waals surface area contributed by atoms with Crippen LogP contribution in [0.5, 0.6) is 0 Å². The third kappa shape index (κ3) is 5.40. The van der Waals surface area contributed by atoms with Crippen molar-refractivity contribution >= 4 is 28.9 Å². The zero-order valence-corrected chi connectivity index (χ0v) is 14.8. The molecule has 0 aliphatic heterocycles. The van der Waals surface area contributed by atoms with Crippen LogP contribution in [0.1, 0.15) is 22.3 Å². The van der Waals surface area contributed by atoms with Crippen molar-refractivity contribution in [2.24, 2.45) is 5.73 Å². The van der Waals surface area contributed by atoms with Gasteiger partial charge in [-0.25, -0.2) is 8.78 Å². The molecule has 2 aromatic carbocycles. The molecule has 30 heavy (non-hydrogen) atoms. The van der Waals surface area contributed by atoms with E-state index in [-0.39, 0.29) is 18.7 Å². The van der Waals surface area contributed by atoms with Crippen LogP contribution >= 0.6 is 0 Å². The standard InChI is InChI=1S/C17H13F5N4O4/c18-10-7-11(19)13(6-9(10)16(23)28)25-15(27)3-4-24-12-2-1-8(17(20,21)22)5-14(12)26(29)30/h1-2,5-7,24H,3-4H2,(H2,23,28)(H,25,27). The van der Waals surface area contributed by atoms with Gasteiger partial charge in [-0.05, 0) is 18.2 Å². The lowest BCUT2D eigenvalue weighted by Crippen LogP contribution is -2.19. The molecule has 0 unspecified atom stereocenters. The fraction of sp³-hybridized carbons (Fsp3) is 0.176. The lowest BCUT2D eigenvalue weighted by molar-refractivity contribution is -0.384. The first kappa shape index (κ1) is 22.5. The van der Waals surface area contributed by atoms with Crippen LogP contribution in [0.15, 0.2) is 30.3 Å². The summed E-state index contributed by atoms with van der Waals surface area (Å²) in [5.74, 6) is -4.39. The molecule has 0 atom stereocenters. The van der Waals surface area contributed by atoms with E-state index in [1.165, 1.54) is 0 Å². The molecule has 8 nitrogen and oxygen atoms in total. The number of nitrogens with one attached hydrogen (secondary N) is 2. The van der Waals surface area contributed by atoms with Crippen LogP contribution in [0.2, 0.25) is 0 Å². The number of carbonyl (C=O) groups excluding carboxylic acids is 2. The quantitative estimate of drug-likeness (QED) is 0.351. The normalized spacial score (nSPS) is 11.1. The molecule has 2 amide bonds. The number of rotatable bonds is 7. The Morgan fingerprint density at radius 1 is 1.07 bits per heavy atom. The van der Waals surface area contributed by atoms with E-state index in [2.05, 4.69) is 10.6 Å². The lowest BCUT2D eigenvalue weighted by atomic mass is 10.1. The van der Waals surface area contributed by atoms with E-state index in [1.54, 1.807) is 0 Å². The number of primary amides is 1. The summed E-state index contributed by atoms with van der Waals surface area (Å²) < 4.78 is 65.2. The molecule has 0 bridgehead atoms. The lowest BCUT2D eigenvalue weighted by Gasteiger charge is -2.11. The maximum atomic E-state index is 13.7. The molecule has 0 heterocycles. The molecule has 2 rings (SSSR count). The van der Waals surface area contributed by atoms with Crippen LogP contribution in [-0.4, -0.2) is 23.3 Å². The van der Waals surface area contributed by atoms with Gasteiger partial charge in [-0.2, -0.15) is 13.2 Å². The molecule has 13 heteroatoms. The minimum atomic E-state index is -4.77. The Balaban J connectivity index is 2.06. The number of nitro groups is 1. The minimum absolute atomic E-state index is 0.259. The van der Waals surface area contributed by atoms with Crippen molar-refractivity contribution in [1.82, 2.24) is 0 Å².